The fourth-order valence-electron chi connectivity index (χ4n) is 2.06. The molecule has 0 aliphatic heterocycles. The summed E-state index contributed by atoms with van der Waals surface area (Å²) in [6.45, 7) is 2.20. The van der Waals surface area contributed by atoms with Crippen LogP contribution < -0.4 is 5.73 Å². The molecule has 1 aromatic carbocycles. The molecular formula is C11H13ClFNO. The predicted octanol–water partition coefficient (Wildman–Crippen LogP) is 2.48. The summed E-state index contributed by atoms with van der Waals surface area (Å²) in [7, 11) is 0. The highest BCUT2D eigenvalue weighted by atomic mass is 35.5. The van der Waals surface area contributed by atoms with Crippen molar-refractivity contribution in [3.63, 3.8) is 0 Å². The molecule has 2 rings (SSSR count). The average molecular weight is 230 g/mol. The monoisotopic (exact) mass is 229 g/mol. The van der Waals surface area contributed by atoms with Crippen LogP contribution in [0.1, 0.15) is 24.0 Å². The van der Waals surface area contributed by atoms with Crippen LogP contribution in [0.2, 0.25) is 5.02 Å². The number of phenols is 1. The number of phenolic OH excluding ortho intramolecular Hbond substituents is 1. The molecule has 1 aliphatic carbocycles. The first-order chi connectivity index (χ1) is 7.02. The fraction of sp³-hybridized carbons (Fsp3) is 0.455. The van der Waals surface area contributed by atoms with Crippen LogP contribution in [0.25, 0.3) is 0 Å². The normalized spacial score (nSPS) is 17.9. The summed E-state index contributed by atoms with van der Waals surface area (Å²) in [5, 5.41) is 10.1. The first-order valence-corrected chi connectivity index (χ1v) is 5.28. The van der Waals surface area contributed by atoms with Gasteiger partial charge in [0, 0.05) is 22.5 Å². The van der Waals surface area contributed by atoms with Crippen molar-refractivity contribution < 1.29 is 9.50 Å². The van der Waals surface area contributed by atoms with E-state index in [-0.39, 0.29) is 11.2 Å². The van der Waals surface area contributed by atoms with Gasteiger partial charge >= 0.3 is 0 Å². The van der Waals surface area contributed by atoms with Gasteiger partial charge in [0.2, 0.25) is 0 Å². The first-order valence-electron chi connectivity index (χ1n) is 4.90. The molecule has 82 valence electrons. The van der Waals surface area contributed by atoms with E-state index in [1.165, 1.54) is 0 Å². The zero-order chi connectivity index (χ0) is 11.2. The third kappa shape index (κ3) is 1.50. The lowest BCUT2D eigenvalue weighted by molar-refractivity contribution is 0.417. The molecule has 1 aromatic rings. The van der Waals surface area contributed by atoms with Gasteiger partial charge < -0.3 is 10.8 Å². The van der Waals surface area contributed by atoms with Gasteiger partial charge in [0.05, 0.1) is 0 Å². The van der Waals surface area contributed by atoms with E-state index in [4.69, 9.17) is 17.3 Å². The highest BCUT2D eigenvalue weighted by molar-refractivity contribution is 6.31. The van der Waals surface area contributed by atoms with Gasteiger partial charge in [0.15, 0.2) is 11.6 Å². The minimum Gasteiger partial charge on any atom is -0.505 e. The maximum absolute atomic E-state index is 13.3. The highest BCUT2D eigenvalue weighted by Crippen LogP contribution is 2.53. The Kier molecular flexibility index (Phi) is 2.40. The van der Waals surface area contributed by atoms with Gasteiger partial charge in [-0.25, -0.2) is 4.39 Å². The molecule has 0 unspecified atom stereocenters. The van der Waals surface area contributed by atoms with Gasteiger partial charge in [-0.15, -0.1) is 0 Å². The van der Waals surface area contributed by atoms with Crippen LogP contribution in [0.5, 0.6) is 5.75 Å². The summed E-state index contributed by atoms with van der Waals surface area (Å²) in [4.78, 5) is 0. The lowest BCUT2D eigenvalue weighted by Gasteiger charge is -2.18. The lowest BCUT2D eigenvalue weighted by atomic mass is 9.91. The molecule has 1 fully saturated rings. The average Bonchev–Trinajstić information content (AvgIpc) is 2.96. The zero-order valence-electron chi connectivity index (χ0n) is 8.48. The minimum atomic E-state index is -0.666. The molecule has 0 aromatic heterocycles. The van der Waals surface area contributed by atoms with Crippen LogP contribution >= 0.6 is 11.6 Å². The van der Waals surface area contributed by atoms with E-state index in [0.29, 0.717) is 17.1 Å². The zero-order valence-corrected chi connectivity index (χ0v) is 9.24. The molecule has 3 N–H and O–H groups in total. The highest BCUT2D eigenvalue weighted by Gasteiger charge is 2.46. The van der Waals surface area contributed by atoms with Crippen LogP contribution in [0, 0.1) is 12.7 Å². The predicted molar refractivity (Wildman–Crippen MR) is 57.8 cm³/mol. The van der Waals surface area contributed by atoms with Crippen molar-refractivity contribution >= 4 is 11.6 Å². The van der Waals surface area contributed by atoms with Crippen molar-refractivity contribution in [2.45, 2.75) is 25.2 Å². The molecule has 0 saturated heterocycles. The molecule has 1 aliphatic rings. The molecule has 0 spiro atoms. The molecule has 0 heterocycles. The summed E-state index contributed by atoms with van der Waals surface area (Å²) in [6, 6.07) is 1.14. The molecule has 0 bridgehead atoms. The number of nitrogens with two attached hydrogens (primary N) is 1. The molecule has 1 saturated carbocycles. The molecular weight excluding hydrogens is 217 g/mol. The second-order valence-electron chi connectivity index (χ2n) is 4.17. The molecule has 15 heavy (non-hydrogen) atoms. The number of hydrogen-bond acceptors (Lipinski definition) is 2. The van der Waals surface area contributed by atoms with Crippen LogP contribution in [-0.4, -0.2) is 11.7 Å². The standard InChI is InChI=1S/C11H13ClFNO/c1-6-7(12)4-8(13)10(15)9(6)11(5-14)2-3-11/h4,15H,2-3,5,14H2,1H3. The summed E-state index contributed by atoms with van der Waals surface area (Å²) in [5.74, 6) is -0.958. The third-order valence-electron chi connectivity index (χ3n) is 3.22. The Hall–Kier alpha value is -0.800. The maximum atomic E-state index is 13.3. The number of aromatic hydroxyl groups is 1. The van der Waals surface area contributed by atoms with E-state index < -0.39 is 5.82 Å². The Bertz CT molecular complexity index is 389. The van der Waals surface area contributed by atoms with Gasteiger partial charge in [-0.05, 0) is 31.4 Å². The Morgan fingerprint density at radius 2 is 2.20 bits per heavy atom. The Morgan fingerprint density at radius 1 is 1.60 bits per heavy atom. The second kappa shape index (κ2) is 3.35. The van der Waals surface area contributed by atoms with Crippen molar-refractivity contribution in [2.75, 3.05) is 6.54 Å². The molecule has 0 atom stereocenters. The maximum Gasteiger partial charge on any atom is 0.166 e. The minimum absolute atomic E-state index is 0.250. The molecule has 0 radical (unpaired) electrons. The van der Waals surface area contributed by atoms with E-state index in [2.05, 4.69) is 0 Å². The Labute approximate surface area is 92.9 Å². The van der Waals surface area contributed by atoms with Crippen molar-refractivity contribution in [3.05, 3.63) is 28.0 Å². The van der Waals surface area contributed by atoms with Gasteiger partial charge in [0.1, 0.15) is 0 Å². The van der Waals surface area contributed by atoms with Gasteiger partial charge in [-0.2, -0.15) is 0 Å². The van der Waals surface area contributed by atoms with E-state index in [9.17, 15) is 9.50 Å². The Balaban J connectivity index is 2.64. The topological polar surface area (TPSA) is 46.2 Å². The van der Waals surface area contributed by atoms with Crippen molar-refractivity contribution in [3.8, 4) is 5.75 Å². The summed E-state index contributed by atoms with van der Waals surface area (Å²) in [6.07, 6.45) is 1.77. The van der Waals surface area contributed by atoms with Gasteiger partial charge in [0.25, 0.3) is 0 Å². The van der Waals surface area contributed by atoms with E-state index in [1.807, 2.05) is 0 Å². The number of rotatable bonds is 2. The summed E-state index contributed by atoms with van der Waals surface area (Å²) < 4.78 is 13.3. The SMILES string of the molecule is Cc1c(Cl)cc(F)c(O)c1C1(CN)CC1. The van der Waals surface area contributed by atoms with Crippen LogP contribution in [0.15, 0.2) is 6.07 Å². The third-order valence-corrected chi connectivity index (χ3v) is 3.62. The van der Waals surface area contributed by atoms with Crippen molar-refractivity contribution in [1.82, 2.24) is 0 Å². The van der Waals surface area contributed by atoms with Crippen LogP contribution in [-0.2, 0) is 5.41 Å². The van der Waals surface area contributed by atoms with Crippen molar-refractivity contribution in [2.24, 2.45) is 5.73 Å². The largest absolute Gasteiger partial charge is 0.505 e. The van der Waals surface area contributed by atoms with Crippen molar-refractivity contribution in [1.29, 1.82) is 0 Å². The molecule has 2 nitrogen and oxygen atoms in total. The summed E-state index contributed by atoms with van der Waals surface area (Å²) in [5.41, 5.74) is 6.74. The quantitative estimate of drug-likeness (QED) is 0.819. The number of halogens is 2. The Morgan fingerprint density at radius 3 is 2.67 bits per heavy atom. The molecule has 0 amide bonds. The van der Waals surface area contributed by atoms with Gasteiger partial charge in [-0.1, -0.05) is 11.6 Å². The van der Waals surface area contributed by atoms with E-state index in [0.717, 1.165) is 24.5 Å². The molecule has 4 heteroatoms. The van der Waals surface area contributed by atoms with E-state index in [1.54, 1.807) is 6.92 Å². The number of benzene rings is 1. The smallest absolute Gasteiger partial charge is 0.166 e. The fourth-order valence-corrected chi connectivity index (χ4v) is 2.25. The second-order valence-corrected chi connectivity index (χ2v) is 4.58. The number of hydrogen-bond donors (Lipinski definition) is 2. The first kappa shape index (κ1) is 10.7. The van der Waals surface area contributed by atoms with E-state index >= 15 is 0 Å². The lowest BCUT2D eigenvalue weighted by Crippen LogP contribution is -2.21. The van der Waals surface area contributed by atoms with Crippen LogP contribution in [0.4, 0.5) is 4.39 Å². The summed E-state index contributed by atoms with van der Waals surface area (Å²) >= 11 is 5.89. The van der Waals surface area contributed by atoms with Crippen LogP contribution in [0.3, 0.4) is 0 Å². The van der Waals surface area contributed by atoms with Gasteiger partial charge in [-0.3, -0.25) is 0 Å².